The van der Waals surface area contributed by atoms with Crippen LogP contribution >= 0.6 is 0 Å². The molecule has 0 fully saturated rings. The number of nitrogens with zero attached hydrogens (tertiary/aromatic N) is 1. The molecule has 0 aliphatic heterocycles. The molecule has 2 N–H and O–H groups in total. The third-order valence-corrected chi connectivity index (χ3v) is 4.80. The van der Waals surface area contributed by atoms with Gasteiger partial charge in [-0.1, -0.05) is 18.2 Å². The first-order valence-electron chi connectivity index (χ1n) is 7.54. The zero-order valence-corrected chi connectivity index (χ0v) is 14.3. The first-order valence-corrected chi connectivity index (χ1v) is 9.19. The topological polar surface area (TPSA) is 88.4 Å². The molecule has 1 heterocycles. The van der Waals surface area contributed by atoms with Crippen LogP contribution in [0.2, 0.25) is 0 Å². The van der Waals surface area contributed by atoms with Crippen LogP contribution in [0.4, 0.5) is 13.2 Å². The van der Waals surface area contributed by atoms with Gasteiger partial charge >= 0.3 is 6.18 Å². The molecule has 1 aromatic heterocycles. The van der Waals surface area contributed by atoms with E-state index in [2.05, 4.69) is 4.72 Å². The van der Waals surface area contributed by atoms with E-state index < -0.39 is 33.6 Å². The van der Waals surface area contributed by atoms with E-state index in [1.165, 1.54) is 22.9 Å². The molecule has 1 atom stereocenters. The van der Waals surface area contributed by atoms with E-state index in [0.29, 0.717) is 0 Å². The molecular weight excluding hydrogens is 373 g/mol. The van der Waals surface area contributed by atoms with Gasteiger partial charge in [-0.2, -0.15) is 13.2 Å². The molecule has 2 aromatic rings. The molecule has 26 heavy (non-hydrogen) atoms. The molecule has 2 rings (SSSR count). The molecular formula is C16H17F3N2O4S. The number of rotatable bonds is 7. The van der Waals surface area contributed by atoms with Crippen molar-refractivity contribution < 1.29 is 26.7 Å². The zero-order chi connectivity index (χ0) is 19.4. The first-order chi connectivity index (χ1) is 12.1. The Hall–Kier alpha value is -2.17. The summed E-state index contributed by atoms with van der Waals surface area (Å²) in [5, 5.41) is 9.87. The minimum atomic E-state index is -4.49. The van der Waals surface area contributed by atoms with E-state index in [0.717, 1.165) is 24.3 Å². The Morgan fingerprint density at radius 3 is 2.35 bits per heavy atom. The normalized spacial score (nSPS) is 13.5. The van der Waals surface area contributed by atoms with Crippen molar-refractivity contribution in [2.24, 2.45) is 0 Å². The first kappa shape index (κ1) is 20.1. The highest BCUT2D eigenvalue weighted by atomic mass is 32.2. The standard InChI is InChI=1S/C16H17F3N2O4S/c17-16(18,19)13-6-4-12(5-7-13)11-26(24,25)20-9-14(22)10-21-8-2-1-3-15(21)23/h1-8,14,20,22H,9-11H2. The minimum Gasteiger partial charge on any atom is -0.390 e. The molecule has 6 nitrogen and oxygen atoms in total. The molecule has 0 spiro atoms. The summed E-state index contributed by atoms with van der Waals surface area (Å²) in [5.41, 5.74) is -1.02. The fourth-order valence-electron chi connectivity index (χ4n) is 2.19. The van der Waals surface area contributed by atoms with Crippen molar-refractivity contribution >= 4 is 10.0 Å². The van der Waals surface area contributed by atoms with E-state index in [9.17, 15) is 31.5 Å². The molecule has 10 heteroatoms. The minimum absolute atomic E-state index is 0.0948. The molecule has 0 bridgehead atoms. The van der Waals surface area contributed by atoms with Crippen LogP contribution in [0.15, 0.2) is 53.5 Å². The number of pyridine rings is 1. The van der Waals surface area contributed by atoms with Gasteiger partial charge in [0.1, 0.15) is 0 Å². The molecule has 142 valence electrons. The summed E-state index contributed by atoms with van der Waals surface area (Å²) >= 11 is 0. The Labute approximate surface area is 148 Å². The number of halogens is 3. The van der Waals surface area contributed by atoms with Gasteiger partial charge in [0, 0.05) is 18.8 Å². The molecule has 0 aliphatic carbocycles. The molecule has 0 radical (unpaired) electrons. The van der Waals surface area contributed by atoms with E-state index >= 15 is 0 Å². The maximum atomic E-state index is 12.5. The SMILES string of the molecule is O=c1ccccn1CC(O)CNS(=O)(=O)Cc1ccc(C(F)(F)F)cc1. The van der Waals surface area contributed by atoms with Crippen molar-refractivity contribution in [2.75, 3.05) is 6.54 Å². The summed E-state index contributed by atoms with van der Waals surface area (Å²) in [6.07, 6.45) is -4.17. The van der Waals surface area contributed by atoms with Crippen molar-refractivity contribution in [3.63, 3.8) is 0 Å². The summed E-state index contributed by atoms with van der Waals surface area (Å²) in [6, 6.07) is 8.23. The predicted molar refractivity (Wildman–Crippen MR) is 88.8 cm³/mol. The number of benzene rings is 1. The third-order valence-electron chi connectivity index (χ3n) is 3.48. The maximum Gasteiger partial charge on any atom is 0.416 e. The summed E-state index contributed by atoms with van der Waals surface area (Å²) in [7, 11) is -3.86. The lowest BCUT2D eigenvalue weighted by atomic mass is 10.1. The Morgan fingerprint density at radius 2 is 1.77 bits per heavy atom. The summed E-state index contributed by atoms with van der Waals surface area (Å²) < 4.78 is 64.9. The molecule has 0 aliphatic rings. The average molecular weight is 390 g/mol. The number of aromatic nitrogens is 1. The zero-order valence-electron chi connectivity index (χ0n) is 13.5. The van der Waals surface area contributed by atoms with Gasteiger partial charge in [-0.25, -0.2) is 13.1 Å². The summed E-state index contributed by atoms with van der Waals surface area (Å²) in [5.74, 6) is -0.525. The Balaban J connectivity index is 1.92. The molecule has 0 amide bonds. The lowest BCUT2D eigenvalue weighted by Gasteiger charge is -2.14. The Bertz CT molecular complexity index is 893. The lowest BCUT2D eigenvalue weighted by Crippen LogP contribution is -2.36. The van der Waals surface area contributed by atoms with Gasteiger partial charge in [0.05, 0.1) is 24.0 Å². The Kier molecular flexibility index (Phi) is 6.21. The fraction of sp³-hybridized carbons (Fsp3) is 0.312. The highest BCUT2D eigenvalue weighted by Crippen LogP contribution is 2.29. The van der Waals surface area contributed by atoms with E-state index in [4.69, 9.17) is 0 Å². The van der Waals surface area contributed by atoms with Gasteiger partial charge in [0.15, 0.2) is 0 Å². The Morgan fingerprint density at radius 1 is 1.12 bits per heavy atom. The smallest absolute Gasteiger partial charge is 0.390 e. The number of alkyl halides is 3. The number of hydrogen-bond donors (Lipinski definition) is 2. The third kappa shape index (κ3) is 5.97. The maximum absolute atomic E-state index is 12.5. The number of nitrogens with one attached hydrogen (secondary N) is 1. The molecule has 0 saturated heterocycles. The van der Waals surface area contributed by atoms with E-state index in [-0.39, 0.29) is 24.2 Å². The van der Waals surface area contributed by atoms with Gasteiger partial charge < -0.3 is 9.67 Å². The van der Waals surface area contributed by atoms with Crippen LogP contribution in [0.25, 0.3) is 0 Å². The van der Waals surface area contributed by atoms with Gasteiger partial charge in [-0.3, -0.25) is 4.79 Å². The fourth-order valence-corrected chi connectivity index (χ4v) is 3.37. The van der Waals surface area contributed by atoms with E-state index in [1.807, 2.05) is 0 Å². The number of sulfonamides is 1. The average Bonchev–Trinajstić information content (AvgIpc) is 2.55. The van der Waals surface area contributed by atoms with Crippen LogP contribution in [0.3, 0.4) is 0 Å². The number of aliphatic hydroxyl groups is 1. The van der Waals surface area contributed by atoms with Crippen molar-refractivity contribution in [3.8, 4) is 0 Å². The molecule has 0 saturated carbocycles. The lowest BCUT2D eigenvalue weighted by molar-refractivity contribution is -0.137. The van der Waals surface area contributed by atoms with Crippen molar-refractivity contribution in [1.29, 1.82) is 0 Å². The van der Waals surface area contributed by atoms with Crippen molar-refractivity contribution in [1.82, 2.24) is 9.29 Å². The quantitative estimate of drug-likeness (QED) is 0.747. The van der Waals surface area contributed by atoms with Crippen molar-refractivity contribution in [2.45, 2.75) is 24.6 Å². The van der Waals surface area contributed by atoms with Gasteiger partial charge in [-0.15, -0.1) is 0 Å². The number of aliphatic hydroxyl groups excluding tert-OH is 1. The van der Waals surface area contributed by atoms with Crippen LogP contribution in [0.1, 0.15) is 11.1 Å². The summed E-state index contributed by atoms with van der Waals surface area (Å²) in [4.78, 5) is 11.5. The second-order valence-electron chi connectivity index (χ2n) is 5.65. The van der Waals surface area contributed by atoms with Gasteiger partial charge in [0.25, 0.3) is 5.56 Å². The molecule has 1 aromatic carbocycles. The second kappa shape index (κ2) is 8.02. The van der Waals surface area contributed by atoms with Gasteiger partial charge in [-0.05, 0) is 23.8 Å². The second-order valence-corrected chi connectivity index (χ2v) is 7.45. The van der Waals surface area contributed by atoms with Crippen LogP contribution in [-0.4, -0.2) is 30.7 Å². The van der Waals surface area contributed by atoms with Crippen LogP contribution in [0.5, 0.6) is 0 Å². The molecule has 1 unspecified atom stereocenters. The monoisotopic (exact) mass is 390 g/mol. The van der Waals surface area contributed by atoms with Crippen LogP contribution < -0.4 is 10.3 Å². The van der Waals surface area contributed by atoms with Crippen LogP contribution in [-0.2, 0) is 28.5 Å². The largest absolute Gasteiger partial charge is 0.416 e. The van der Waals surface area contributed by atoms with Crippen LogP contribution in [0, 0.1) is 0 Å². The summed E-state index contributed by atoms with van der Waals surface area (Å²) in [6.45, 7) is -0.424. The van der Waals surface area contributed by atoms with Crippen molar-refractivity contribution in [3.05, 3.63) is 70.1 Å². The van der Waals surface area contributed by atoms with E-state index in [1.54, 1.807) is 6.07 Å². The highest BCUT2D eigenvalue weighted by Gasteiger charge is 2.30. The highest BCUT2D eigenvalue weighted by molar-refractivity contribution is 7.88. The van der Waals surface area contributed by atoms with Gasteiger partial charge in [0.2, 0.25) is 10.0 Å². The predicted octanol–water partition coefficient (Wildman–Crippen LogP) is 1.35. The number of hydrogen-bond acceptors (Lipinski definition) is 4.